The van der Waals surface area contributed by atoms with Crippen LogP contribution in [0.2, 0.25) is 0 Å². The molecule has 1 N–H and O–H groups in total. The van der Waals surface area contributed by atoms with Crippen molar-refractivity contribution < 1.29 is 4.42 Å². The van der Waals surface area contributed by atoms with Gasteiger partial charge >= 0.3 is 0 Å². The molecule has 1 aromatic carbocycles. The van der Waals surface area contributed by atoms with Crippen molar-refractivity contribution in [2.75, 3.05) is 6.54 Å². The second-order valence-corrected chi connectivity index (χ2v) is 4.77. The summed E-state index contributed by atoms with van der Waals surface area (Å²) in [6.07, 6.45) is 2.88. The molecule has 0 spiro atoms. The Hall–Kier alpha value is -1.54. The molecular weight excluding hydrogens is 222 g/mol. The van der Waals surface area contributed by atoms with Crippen molar-refractivity contribution >= 4 is 0 Å². The van der Waals surface area contributed by atoms with Crippen LogP contribution in [0.4, 0.5) is 0 Å². The molecule has 1 unspecified atom stereocenters. The maximum absolute atomic E-state index is 5.66. The Balaban J connectivity index is 2.33. The first kappa shape index (κ1) is 12.9. The highest BCUT2D eigenvalue weighted by Gasteiger charge is 2.18. The molecule has 2 aromatic rings. The van der Waals surface area contributed by atoms with E-state index in [1.165, 1.54) is 16.7 Å². The van der Waals surface area contributed by atoms with Crippen molar-refractivity contribution in [3.05, 3.63) is 59.0 Å². The lowest BCUT2D eigenvalue weighted by molar-refractivity contribution is 0.444. The van der Waals surface area contributed by atoms with Gasteiger partial charge in [0.25, 0.3) is 0 Å². The van der Waals surface area contributed by atoms with Gasteiger partial charge in [0, 0.05) is 0 Å². The molecule has 1 aromatic heterocycles. The molecule has 0 radical (unpaired) electrons. The van der Waals surface area contributed by atoms with Gasteiger partial charge in [0.2, 0.25) is 0 Å². The van der Waals surface area contributed by atoms with Gasteiger partial charge in [0.1, 0.15) is 5.76 Å². The summed E-state index contributed by atoms with van der Waals surface area (Å²) in [5, 5.41) is 3.56. The standard InChI is InChI=1S/C16H21NO/c1-4-9-17-15(16-13(3)8-10-18-16)14-7-5-6-12(2)11-14/h5-8,10-11,15,17H,4,9H2,1-3H3. The summed E-state index contributed by atoms with van der Waals surface area (Å²) in [4.78, 5) is 0. The van der Waals surface area contributed by atoms with Crippen molar-refractivity contribution in [1.29, 1.82) is 0 Å². The largest absolute Gasteiger partial charge is 0.467 e. The third kappa shape index (κ3) is 2.82. The molecule has 0 saturated heterocycles. The maximum Gasteiger partial charge on any atom is 0.128 e. The molecular formula is C16H21NO. The van der Waals surface area contributed by atoms with Crippen LogP contribution in [0.25, 0.3) is 0 Å². The summed E-state index contributed by atoms with van der Waals surface area (Å²) in [5.74, 6) is 1.02. The Bertz CT molecular complexity index is 501. The highest BCUT2D eigenvalue weighted by Crippen LogP contribution is 2.26. The predicted molar refractivity (Wildman–Crippen MR) is 74.8 cm³/mol. The van der Waals surface area contributed by atoms with E-state index in [1.807, 2.05) is 6.07 Å². The van der Waals surface area contributed by atoms with E-state index in [0.29, 0.717) is 0 Å². The van der Waals surface area contributed by atoms with Gasteiger partial charge in [-0.25, -0.2) is 0 Å². The Labute approximate surface area is 109 Å². The first-order chi connectivity index (χ1) is 8.72. The SMILES string of the molecule is CCCNC(c1cccc(C)c1)c1occc1C. The van der Waals surface area contributed by atoms with Crippen LogP contribution >= 0.6 is 0 Å². The minimum absolute atomic E-state index is 0.153. The quantitative estimate of drug-likeness (QED) is 0.859. The molecule has 0 aliphatic rings. The summed E-state index contributed by atoms with van der Waals surface area (Å²) >= 11 is 0. The molecule has 2 heteroatoms. The van der Waals surface area contributed by atoms with E-state index in [0.717, 1.165) is 18.7 Å². The van der Waals surface area contributed by atoms with Crippen LogP contribution in [0.3, 0.4) is 0 Å². The van der Waals surface area contributed by atoms with Crippen molar-refractivity contribution in [3.8, 4) is 0 Å². The van der Waals surface area contributed by atoms with Crippen molar-refractivity contribution in [3.63, 3.8) is 0 Å². The zero-order valence-electron chi connectivity index (χ0n) is 11.4. The van der Waals surface area contributed by atoms with E-state index in [1.54, 1.807) is 6.26 Å². The van der Waals surface area contributed by atoms with Gasteiger partial charge in [-0.15, -0.1) is 0 Å². The van der Waals surface area contributed by atoms with E-state index < -0.39 is 0 Å². The molecule has 1 atom stereocenters. The monoisotopic (exact) mass is 243 g/mol. The summed E-state index contributed by atoms with van der Waals surface area (Å²) in [5.41, 5.74) is 3.74. The second kappa shape index (κ2) is 5.87. The Morgan fingerprint density at radius 3 is 2.67 bits per heavy atom. The van der Waals surface area contributed by atoms with Gasteiger partial charge in [-0.1, -0.05) is 36.8 Å². The molecule has 0 aliphatic carbocycles. The van der Waals surface area contributed by atoms with Gasteiger partial charge in [-0.05, 0) is 44.0 Å². The van der Waals surface area contributed by atoms with E-state index in [9.17, 15) is 0 Å². The van der Waals surface area contributed by atoms with E-state index in [2.05, 4.69) is 50.4 Å². The van der Waals surface area contributed by atoms with Gasteiger partial charge in [-0.2, -0.15) is 0 Å². The number of benzene rings is 1. The van der Waals surface area contributed by atoms with Crippen molar-refractivity contribution in [2.24, 2.45) is 0 Å². The van der Waals surface area contributed by atoms with Crippen LogP contribution in [0.1, 0.15) is 41.8 Å². The van der Waals surface area contributed by atoms with Crippen molar-refractivity contribution in [1.82, 2.24) is 5.32 Å². The number of nitrogens with one attached hydrogen (secondary N) is 1. The van der Waals surface area contributed by atoms with Crippen LogP contribution in [-0.4, -0.2) is 6.54 Å². The lowest BCUT2D eigenvalue weighted by Crippen LogP contribution is -2.23. The third-order valence-corrected chi connectivity index (χ3v) is 3.14. The smallest absolute Gasteiger partial charge is 0.128 e. The van der Waals surface area contributed by atoms with E-state index in [-0.39, 0.29) is 6.04 Å². The van der Waals surface area contributed by atoms with E-state index >= 15 is 0 Å². The molecule has 0 fully saturated rings. The Morgan fingerprint density at radius 1 is 1.22 bits per heavy atom. The average molecular weight is 243 g/mol. The van der Waals surface area contributed by atoms with Gasteiger partial charge in [-0.3, -0.25) is 0 Å². The highest BCUT2D eigenvalue weighted by molar-refractivity contribution is 5.33. The lowest BCUT2D eigenvalue weighted by Gasteiger charge is -2.18. The van der Waals surface area contributed by atoms with Crippen LogP contribution in [0.15, 0.2) is 41.0 Å². The summed E-state index contributed by atoms with van der Waals surface area (Å²) in [6, 6.07) is 10.8. The molecule has 1 heterocycles. The molecule has 2 rings (SSSR count). The number of hydrogen-bond donors (Lipinski definition) is 1. The number of rotatable bonds is 5. The van der Waals surface area contributed by atoms with Gasteiger partial charge in [0.05, 0.1) is 12.3 Å². The van der Waals surface area contributed by atoms with Crippen molar-refractivity contribution in [2.45, 2.75) is 33.2 Å². The number of aryl methyl sites for hydroxylation is 2. The van der Waals surface area contributed by atoms with Crippen LogP contribution in [0, 0.1) is 13.8 Å². The molecule has 0 saturated carbocycles. The third-order valence-electron chi connectivity index (χ3n) is 3.14. The van der Waals surface area contributed by atoms with Crippen LogP contribution in [0.5, 0.6) is 0 Å². The molecule has 0 aliphatic heterocycles. The minimum Gasteiger partial charge on any atom is -0.467 e. The van der Waals surface area contributed by atoms with Crippen LogP contribution < -0.4 is 5.32 Å². The number of hydrogen-bond acceptors (Lipinski definition) is 2. The molecule has 96 valence electrons. The number of furan rings is 1. The van der Waals surface area contributed by atoms with Crippen LogP contribution in [-0.2, 0) is 0 Å². The molecule has 0 amide bonds. The fraction of sp³-hybridized carbons (Fsp3) is 0.375. The first-order valence-electron chi connectivity index (χ1n) is 6.56. The zero-order chi connectivity index (χ0) is 13.0. The summed E-state index contributed by atoms with van der Waals surface area (Å²) in [7, 11) is 0. The normalized spacial score (nSPS) is 12.6. The second-order valence-electron chi connectivity index (χ2n) is 4.77. The topological polar surface area (TPSA) is 25.2 Å². The first-order valence-corrected chi connectivity index (χ1v) is 6.56. The maximum atomic E-state index is 5.66. The molecule has 2 nitrogen and oxygen atoms in total. The zero-order valence-corrected chi connectivity index (χ0v) is 11.4. The molecule has 0 bridgehead atoms. The fourth-order valence-electron chi connectivity index (χ4n) is 2.18. The predicted octanol–water partition coefficient (Wildman–Crippen LogP) is 3.99. The van der Waals surface area contributed by atoms with Gasteiger partial charge < -0.3 is 9.73 Å². The molecule has 18 heavy (non-hydrogen) atoms. The lowest BCUT2D eigenvalue weighted by atomic mass is 10.00. The minimum atomic E-state index is 0.153. The average Bonchev–Trinajstić information content (AvgIpc) is 2.77. The highest BCUT2D eigenvalue weighted by atomic mass is 16.3. The summed E-state index contributed by atoms with van der Waals surface area (Å²) in [6.45, 7) is 7.37. The fourth-order valence-corrected chi connectivity index (χ4v) is 2.18. The van der Waals surface area contributed by atoms with Gasteiger partial charge in [0.15, 0.2) is 0 Å². The summed E-state index contributed by atoms with van der Waals surface area (Å²) < 4.78 is 5.66. The Kier molecular flexibility index (Phi) is 4.21. The van der Waals surface area contributed by atoms with E-state index in [4.69, 9.17) is 4.42 Å². The Morgan fingerprint density at radius 2 is 2.06 bits per heavy atom.